The molecule has 0 saturated carbocycles. The summed E-state index contributed by atoms with van der Waals surface area (Å²) in [4.78, 5) is 15.4. The van der Waals surface area contributed by atoms with Gasteiger partial charge in [0, 0.05) is 38.1 Å². The van der Waals surface area contributed by atoms with E-state index in [0.717, 1.165) is 54.5 Å². The lowest BCUT2D eigenvalue weighted by Crippen LogP contribution is -2.37. The van der Waals surface area contributed by atoms with Gasteiger partial charge in [-0.1, -0.05) is 29.5 Å². The van der Waals surface area contributed by atoms with Crippen LogP contribution in [0.3, 0.4) is 0 Å². The molecule has 3 aromatic heterocycles. The van der Waals surface area contributed by atoms with Gasteiger partial charge in [-0.2, -0.15) is 4.98 Å². The van der Waals surface area contributed by atoms with Crippen molar-refractivity contribution in [3.8, 4) is 16.8 Å². The number of aromatic nitrogens is 3. The Morgan fingerprint density at radius 2 is 1.77 bits per heavy atom. The second-order valence-electron chi connectivity index (χ2n) is 7.31. The number of piperidine rings is 1. The Morgan fingerprint density at radius 3 is 2.53 bits per heavy atom. The Balaban J connectivity index is 1.13. The molecule has 1 fully saturated rings. The number of thiazole rings is 1. The van der Waals surface area contributed by atoms with Crippen LogP contribution in [0.15, 0.2) is 67.0 Å². The molecule has 152 valence electrons. The van der Waals surface area contributed by atoms with Crippen LogP contribution in [0.5, 0.6) is 16.8 Å². The van der Waals surface area contributed by atoms with Gasteiger partial charge >= 0.3 is 0 Å². The molecule has 1 aliphatic heterocycles. The highest BCUT2D eigenvalue weighted by atomic mass is 32.1. The zero-order chi connectivity index (χ0) is 20.2. The maximum atomic E-state index is 5.98. The van der Waals surface area contributed by atoms with Crippen molar-refractivity contribution in [1.29, 1.82) is 0 Å². The molecule has 6 nitrogen and oxygen atoms in total. The average molecular weight is 419 g/mol. The van der Waals surface area contributed by atoms with E-state index in [2.05, 4.69) is 32.0 Å². The van der Waals surface area contributed by atoms with Crippen molar-refractivity contribution in [2.45, 2.75) is 25.5 Å². The first-order chi connectivity index (χ1) is 14.8. The van der Waals surface area contributed by atoms with E-state index < -0.39 is 0 Å². The number of pyridine rings is 2. The molecule has 5 rings (SSSR count). The van der Waals surface area contributed by atoms with Gasteiger partial charge in [0.05, 0.1) is 4.70 Å². The van der Waals surface area contributed by atoms with Gasteiger partial charge in [0.2, 0.25) is 5.88 Å². The average Bonchev–Trinajstić information content (AvgIpc) is 3.19. The summed E-state index contributed by atoms with van der Waals surface area (Å²) in [6, 6.07) is 17.9. The predicted octanol–water partition coefficient (Wildman–Crippen LogP) is 4.92. The second kappa shape index (κ2) is 8.77. The van der Waals surface area contributed by atoms with Crippen LogP contribution in [0.25, 0.3) is 10.3 Å². The van der Waals surface area contributed by atoms with E-state index in [-0.39, 0.29) is 6.10 Å². The summed E-state index contributed by atoms with van der Waals surface area (Å²) < 4.78 is 12.9. The Bertz CT molecular complexity index is 1060. The van der Waals surface area contributed by atoms with Crippen molar-refractivity contribution in [3.63, 3.8) is 0 Å². The molecule has 1 aliphatic rings. The van der Waals surface area contributed by atoms with Crippen molar-refractivity contribution >= 4 is 21.7 Å². The lowest BCUT2D eigenvalue weighted by Gasteiger charge is -2.31. The van der Waals surface area contributed by atoms with Gasteiger partial charge in [-0.15, -0.1) is 0 Å². The molecule has 0 unspecified atom stereocenters. The maximum absolute atomic E-state index is 5.98. The third kappa shape index (κ3) is 4.58. The molecule has 30 heavy (non-hydrogen) atoms. The maximum Gasteiger partial charge on any atom is 0.281 e. The number of likely N-dealkylation sites (tertiary alicyclic amines) is 1. The summed E-state index contributed by atoms with van der Waals surface area (Å²) in [5, 5.41) is 0.617. The summed E-state index contributed by atoms with van der Waals surface area (Å²) in [7, 11) is 0. The topological polar surface area (TPSA) is 60.4 Å². The van der Waals surface area contributed by atoms with E-state index >= 15 is 0 Å². The van der Waals surface area contributed by atoms with Crippen LogP contribution in [-0.4, -0.2) is 39.0 Å². The van der Waals surface area contributed by atoms with Crippen molar-refractivity contribution in [2.75, 3.05) is 13.1 Å². The highest BCUT2D eigenvalue weighted by Crippen LogP contribution is 2.30. The smallest absolute Gasteiger partial charge is 0.281 e. The van der Waals surface area contributed by atoms with Crippen LogP contribution in [-0.2, 0) is 6.54 Å². The molecule has 1 aromatic carbocycles. The minimum atomic E-state index is 0.246. The van der Waals surface area contributed by atoms with Gasteiger partial charge in [0.1, 0.15) is 11.9 Å². The Kier molecular flexibility index (Phi) is 5.54. The second-order valence-corrected chi connectivity index (χ2v) is 8.31. The SMILES string of the molecule is c1ccc(OC2CCN(Cc3ccc(Oc4nc5ncccc5s4)cc3)CC2)nc1. The number of ether oxygens (including phenoxy) is 2. The van der Waals surface area contributed by atoms with Gasteiger partial charge in [-0.3, -0.25) is 4.90 Å². The molecule has 7 heteroatoms. The lowest BCUT2D eigenvalue weighted by atomic mass is 10.1. The zero-order valence-electron chi connectivity index (χ0n) is 16.5. The predicted molar refractivity (Wildman–Crippen MR) is 117 cm³/mol. The standard InChI is InChI=1S/C23H22N4O2S/c1-2-12-24-21(5-1)28-19-10-14-27(15-11-19)16-17-6-8-18(9-7-17)29-23-26-22-20(30-23)4-3-13-25-22/h1-9,12-13,19H,10-11,14-16H2. The number of hydrogen-bond acceptors (Lipinski definition) is 7. The summed E-state index contributed by atoms with van der Waals surface area (Å²) in [5.74, 6) is 1.51. The number of rotatable bonds is 6. The lowest BCUT2D eigenvalue weighted by molar-refractivity contribution is 0.0932. The van der Waals surface area contributed by atoms with Crippen molar-refractivity contribution in [3.05, 3.63) is 72.6 Å². The van der Waals surface area contributed by atoms with Crippen LogP contribution in [0, 0.1) is 0 Å². The molecule has 0 aliphatic carbocycles. The van der Waals surface area contributed by atoms with Gasteiger partial charge in [-0.25, -0.2) is 9.97 Å². The highest BCUT2D eigenvalue weighted by Gasteiger charge is 2.21. The Labute approximate surface area is 179 Å². The van der Waals surface area contributed by atoms with Crippen molar-refractivity contribution in [2.24, 2.45) is 0 Å². The normalized spacial score (nSPS) is 15.3. The fourth-order valence-electron chi connectivity index (χ4n) is 3.59. The third-order valence-corrected chi connectivity index (χ3v) is 6.03. The van der Waals surface area contributed by atoms with E-state index in [0.29, 0.717) is 5.19 Å². The summed E-state index contributed by atoms with van der Waals surface area (Å²) in [6.07, 6.45) is 5.79. The van der Waals surface area contributed by atoms with E-state index in [1.807, 2.05) is 42.5 Å². The van der Waals surface area contributed by atoms with Crippen LogP contribution in [0.1, 0.15) is 18.4 Å². The molecule has 4 aromatic rings. The van der Waals surface area contributed by atoms with Crippen LogP contribution in [0.4, 0.5) is 0 Å². The number of benzene rings is 1. The molecule has 0 bridgehead atoms. The van der Waals surface area contributed by atoms with Crippen molar-refractivity contribution < 1.29 is 9.47 Å². The van der Waals surface area contributed by atoms with E-state index in [1.54, 1.807) is 12.4 Å². The number of hydrogen-bond donors (Lipinski definition) is 0. The molecule has 0 N–H and O–H groups in total. The first-order valence-electron chi connectivity index (χ1n) is 10.1. The van der Waals surface area contributed by atoms with Crippen LogP contribution in [0.2, 0.25) is 0 Å². The molecular formula is C23H22N4O2S. The molecule has 0 atom stereocenters. The zero-order valence-corrected chi connectivity index (χ0v) is 17.3. The van der Waals surface area contributed by atoms with Crippen LogP contribution >= 0.6 is 11.3 Å². The molecule has 0 amide bonds. The van der Waals surface area contributed by atoms with E-state index in [9.17, 15) is 0 Å². The highest BCUT2D eigenvalue weighted by molar-refractivity contribution is 7.20. The van der Waals surface area contributed by atoms with Crippen molar-refractivity contribution in [1.82, 2.24) is 19.9 Å². The van der Waals surface area contributed by atoms with Gasteiger partial charge in [0.15, 0.2) is 5.65 Å². The molecular weight excluding hydrogens is 396 g/mol. The fraction of sp³-hybridized carbons (Fsp3) is 0.261. The van der Waals surface area contributed by atoms with E-state index in [1.165, 1.54) is 16.9 Å². The van der Waals surface area contributed by atoms with Gasteiger partial charge in [-0.05, 0) is 48.7 Å². The molecule has 4 heterocycles. The largest absolute Gasteiger partial charge is 0.474 e. The van der Waals surface area contributed by atoms with Crippen LogP contribution < -0.4 is 9.47 Å². The summed E-state index contributed by atoms with van der Waals surface area (Å²) >= 11 is 1.51. The summed E-state index contributed by atoms with van der Waals surface area (Å²) in [6.45, 7) is 2.98. The Hall–Kier alpha value is -3.03. The first-order valence-corrected chi connectivity index (χ1v) is 10.9. The number of nitrogens with zero attached hydrogens (tertiary/aromatic N) is 4. The Morgan fingerprint density at radius 1 is 0.933 bits per heavy atom. The monoisotopic (exact) mass is 418 g/mol. The molecule has 0 radical (unpaired) electrons. The van der Waals surface area contributed by atoms with Gasteiger partial charge in [0.25, 0.3) is 5.19 Å². The van der Waals surface area contributed by atoms with Gasteiger partial charge < -0.3 is 9.47 Å². The quantitative estimate of drug-likeness (QED) is 0.443. The minimum Gasteiger partial charge on any atom is -0.474 e. The molecule has 0 spiro atoms. The first kappa shape index (κ1) is 19.0. The van der Waals surface area contributed by atoms with E-state index in [4.69, 9.17) is 9.47 Å². The minimum absolute atomic E-state index is 0.246. The third-order valence-electron chi connectivity index (χ3n) is 5.14. The molecule has 1 saturated heterocycles. The fourth-order valence-corrected chi connectivity index (χ4v) is 4.38. The number of fused-ring (bicyclic) bond motifs is 1. The summed E-state index contributed by atoms with van der Waals surface area (Å²) in [5.41, 5.74) is 2.00.